The zero-order valence-corrected chi connectivity index (χ0v) is 10.3. The van der Waals surface area contributed by atoms with E-state index in [1.807, 2.05) is 24.3 Å². The Morgan fingerprint density at radius 2 is 2.26 bits per heavy atom. The SMILES string of the molecule is Nc1nccc2ccc(OCCCNC(=O)[O-])cc12. The second-order valence-electron chi connectivity index (χ2n) is 4.00. The molecule has 0 spiro atoms. The predicted molar refractivity (Wildman–Crippen MR) is 69.7 cm³/mol. The molecule has 0 radical (unpaired) electrons. The van der Waals surface area contributed by atoms with E-state index in [4.69, 9.17) is 10.5 Å². The van der Waals surface area contributed by atoms with E-state index in [0.717, 1.165) is 10.8 Å². The molecule has 0 aliphatic rings. The second-order valence-corrected chi connectivity index (χ2v) is 4.00. The Hall–Kier alpha value is -2.50. The van der Waals surface area contributed by atoms with Gasteiger partial charge in [-0.3, -0.25) is 0 Å². The Labute approximate surface area is 110 Å². The summed E-state index contributed by atoms with van der Waals surface area (Å²) in [4.78, 5) is 14.2. The molecule has 1 heterocycles. The van der Waals surface area contributed by atoms with Gasteiger partial charge in [-0.05, 0) is 30.0 Å². The third kappa shape index (κ3) is 3.48. The van der Waals surface area contributed by atoms with Gasteiger partial charge in [0.1, 0.15) is 17.7 Å². The number of rotatable bonds is 5. The molecular weight excluding hydrogens is 246 g/mol. The van der Waals surface area contributed by atoms with E-state index < -0.39 is 6.09 Å². The molecular formula is C13H14N3O3-. The van der Waals surface area contributed by atoms with Crippen LogP contribution >= 0.6 is 0 Å². The summed E-state index contributed by atoms with van der Waals surface area (Å²) in [6.45, 7) is 0.714. The van der Waals surface area contributed by atoms with Crippen molar-refractivity contribution in [1.29, 1.82) is 0 Å². The van der Waals surface area contributed by atoms with Crippen molar-refractivity contribution in [3.05, 3.63) is 30.5 Å². The number of nitrogen functional groups attached to an aromatic ring is 1. The van der Waals surface area contributed by atoms with Crippen LogP contribution in [-0.2, 0) is 0 Å². The molecule has 0 fully saturated rings. The first-order valence-corrected chi connectivity index (χ1v) is 5.89. The minimum absolute atomic E-state index is 0.305. The van der Waals surface area contributed by atoms with Crippen LogP contribution in [-0.4, -0.2) is 24.2 Å². The van der Waals surface area contributed by atoms with E-state index in [9.17, 15) is 9.90 Å². The maximum atomic E-state index is 10.1. The van der Waals surface area contributed by atoms with Gasteiger partial charge in [-0.2, -0.15) is 0 Å². The largest absolute Gasteiger partial charge is 0.530 e. The number of nitrogens with one attached hydrogen (secondary N) is 1. The number of benzene rings is 1. The Morgan fingerprint density at radius 1 is 1.42 bits per heavy atom. The van der Waals surface area contributed by atoms with Crippen molar-refractivity contribution in [2.24, 2.45) is 0 Å². The molecule has 0 aliphatic carbocycles. The van der Waals surface area contributed by atoms with Crippen LogP contribution in [0.2, 0.25) is 0 Å². The van der Waals surface area contributed by atoms with Gasteiger partial charge in [0.25, 0.3) is 0 Å². The summed E-state index contributed by atoms with van der Waals surface area (Å²) in [5, 5.41) is 14.1. The van der Waals surface area contributed by atoms with Crippen molar-refractivity contribution in [2.45, 2.75) is 6.42 Å². The second kappa shape index (κ2) is 5.90. The van der Waals surface area contributed by atoms with Crippen LogP contribution in [0.3, 0.4) is 0 Å². The average Bonchev–Trinajstić information content (AvgIpc) is 2.39. The van der Waals surface area contributed by atoms with E-state index in [-0.39, 0.29) is 0 Å². The van der Waals surface area contributed by atoms with Crippen LogP contribution in [0.25, 0.3) is 10.8 Å². The third-order valence-corrected chi connectivity index (χ3v) is 2.63. The lowest BCUT2D eigenvalue weighted by Gasteiger charge is -2.09. The van der Waals surface area contributed by atoms with Gasteiger partial charge >= 0.3 is 0 Å². The first kappa shape index (κ1) is 12.9. The molecule has 6 heteroatoms. The number of carbonyl (C=O) groups excluding carboxylic acids is 1. The standard InChI is InChI=1S/C13H15N3O3/c14-12-11-8-10(3-2-9(11)4-6-15-12)19-7-1-5-16-13(17)18/h2-4,6,8,16H,1,5,7H2,(H2,14,15)(H,17,18)/p-1. The number of anilines is 1. The lowest BCUT2D eigenvalue weighted by Crippen LogP contribution is -2.37. The zero-order chi connectivity index (χ0) is 13.7. The molecule has 1 amide bonds. The van der Waals surface area contributed by atoms with E-state index in [0.29, 0.717) is 31.1 Å². The van der Waals surface area contributed by atoms with Gasteiger partial charge in [0.2, 0.25) is 0 Å². The number of amides is 1. The summed E-state index contributed by atoms with van der Waals surface area (Å²) in [5.74, 6) is 1.14. The van der Waals surface area contributed by atoms with Gasteiger partial charge < -0.3 is 25.7 Å². The summed E-state index contributed by atoms with van der Waals surface area (Å²) in [6, 6.07) is 7.44. The molecule has 100 valence electrons. The number of nitrogens with two attached hydrogens (primary N) is 1. The number of carboxylic acid groups (broad SMARTS) is 1. The summed E-state index contributed by atoms with van der Waals surface area (Å²) in [7, 11) is 0. The van der Waals surface area contributed by atoms with Crippen LogP contribution in [0.5, 0.6) is 5.75 Å². The van der Waals surface area contributed by atoms with Crippen LogP contribution in [0.4, 0.5) is 10.6 Å². The maximum Gasteiger partial charge on any atom is 0.134 e. The summed E-state index contributed by atoms with van der Waals surface area (Å²) in [5.41, 5.74) is 5.79. The van der Waals surface area contributed by atoms with Crippen molar-refractivity contribution in [2.75, 3.05) is 18.9 Å². The number of fused-ring (bicyclic) bond motifs is 1. The fourth-order valence-corrected chi connectivity index (χ4v) is 1.71. The van der Waals surface area contributed by atoms with Crippen molar-refractivity contribution in [3.63, 3.8) is 0 Å². The normalized spacial score (nSPS) is 10.3. The lowest BCUT2D eigenvalue weighted by atomic mass is 10.1. The number of nitrogens with zero attached hydrogens (tertiary/aromatic N) is 1. The van der Waals surface area contributed by atoms with Crippen molar-refractivity contribution in [3.8, 4) is 5.75 Å². The minimum Gasteiger partial charge on any atom is -0.530 e. The molecule has 2 rings (SSSR count). The highest BCUT2D eigenvalue weighted by Crippen LogP contribution is 2.23. The third-order valence-electron chi connectivity index (χ3n) is 2.63. The smallest absolute Gasteiger partial charge is 0.134 e. The monoisotopic (exact) mass is 260 g/mol. The summed E-state index contributed by atoms with van der Waals surface area (Å²) >= 11 is 0. The van der Waals surface area contributed by atoms with Crippen molar-refractivity contribution in [1.82, 2.24) is 10.3 Å². The van der Waals surface area contributed by atoms with Gasteiger partial charge in [0.15, 0.2) is 0 Å². The van der Waals surface area contributed by atoms with E-state index >= 15 is 0 Å². The highest BCUT2D eigenvalue weighted by Gasteiger charge is 2.01. The molecule has 0 aliphatic heterocycles. The predicted octanol–water partition coefficient (Wildman–Crippen LogP) is 0.519. The number of hydrogen-bond acceptors (Lipinski definition) is 5. The summed E-state index contributed by atoms with van der Waals surface area (Å²) < 4.78 is 5.51. The molecule has 0 unspecified atom stereocenters. The molecule has 0 saturated carbocycles. The van der Waals surface area contributed by atoms with Crippen LogP contribution < -0.4 is 20.9 Å². The van der Waals surface area contributed by atoms with Gasteiger partial charge in [-0.25, -0.2) is 4.98 Å². The number of hydrogen-bond donors (Lipinski definition) is 2. The quantitative estimate of drug-likeness (QED) is 0.763. The fourth-order valence-electron chi connectivity index (χ4n) is 1.71. The average molecular weight is 260 g/mol. The molecule has 1 aromatic carbocycles. The highest BCUT2D eigenvalue weighted by molar-refractivity contribution is 5.91. The van der Waals surface area contributed by atoms with Crippen LogP contribution in [0.1, 0.15) is 6.42 Å². The Bertz CT molecular complexity index is 586. The van der Waals surface area contributed by atoms with E-state index in [1.165, 1.54) is 0 Å². The van der Waals surface area contributed by atoms with E-state index in [2.05, 4.69) is 10.3 Å². The van der Waals surface area contributed by atoms with Crippen molar-refractivity contribution >= 4 is 22.7 Å². The topological polar surface area (TPSA) is 100 Å². The van der Waals surface area contributed by atoms with Gasteiger partial charge in [0.05, 0.1) is 6.61 Å². The zero-order valence-electron chi connectivity index (χ0n) is 10.3. The maximum absolute atomic E-state index is 10.1. The Morgan fingerprint density at radius 3 is 3.05 bits per heavy atom. The molecule has 19 heavy (non-hydrogen) atoms. The molecule has 1 aromatic heterocycles. The number of aromatic nitrogens is 1. The summed E-state index contributed by atoms with van der Waals surface area (Å²) in [6.07, 6.45) is 0.947. The molecule has 3 N–H and O–H groups in total. The fraction of sp³-hybridized carbons (Fsp3) is 0.231. The Balaban J connectivity index is 1.94. The first-order chi connectivity index (χ1) is 9.16. The molecule has 6 nitrogen and oxygen atoms in total. The number of carbonyl (C=O) groups is 1. The number of pyridine rings is 1. The lowest BCUT2D eigenvalue weighted by molar-refractivity contribution is -0.250. The Kier molecular flexibility index (Phi) is 4.02. The van der Waals surface area contributed by atoms with Crippen LogP contribution in [0, 0.1) is 0 Å². The van der Waals surface area contributed by atoms with Gasteiger partial charge in [0, 0.05) is 18.1 Å². The number of ether oxygens (including phenoxy) is 1. The van der Waals surface area contributed by atoms with Gasteiger partial charge in [-0.15, -0.1) is 0 Å². The van der Waals surface area contributed by atoms with Crippen LogP contribution in [0.15, 0.2) is 30.5 Å². The molecule has 0 bridgehead atoms. The van der Waals surface area contributed by atoms with Crippen molar-refractivity contribution < 1.29 is 14.6 Å². The molecule has 0 atom stereocenters. The molecule has 2 aromatic rings. The first-order valence-electron chi connectivity index (χ1n) is 5.89. The minimum atomic E-state index is -1.27. The highest BCUT2D eigenvalue weighted by atomic mass is 16.5. The van der Waals surface area contributed by atoms with Gasteiger partial charge in [-0.1, -0.05) is 6.07 Å². The van der Waals surface area contributed by atoms with E-state index in [1.54, 1.807) is 6.20 Å². The molecule has 0 saturated heterocycles.